The van der Waals surface area contributed by atoms with Crippen LogP contribution in [-0.2, 0) is 33.7 Å². The van der Waals surface area contributed by atoms with Crippen LogP contribution in [0.5, 0.6) is 0 Å². The number of halogens is 1. The van der Waals surface area contributed by atoms with Crippen molar-refractivity contribution in [1.29, 1.82) is 0 Å². The second-order valence-corrected chi connectivity index (χ2v) is 6.08. The molecule has 0 aromatic carbocycles. The number of hydrogen-bond donors (Lipinski definition) is 0. The average molecular weight is 359 g/mol. The molecule has 0 atom stereocenters. The quantitative estimate of drug-likeness (QED) is 0.783. The van der Waals surface area contributed by atoms with Gasteiger partial charge in [-0.2, -0.15) is 5.10 Å². The monoisotopic (exact) mass is 358 g/mol. The molecular weight excluding hydrogens is 336 g/mol. The van der Waals surface area contributed by atoms with Crippen LogP contribution in [0.25, 0.3) is 0 Å². The molecule has 1 saturated heterocycles. The van der Waals surface area contributed by atoms with E-state index in [0.29, 0.717) is 32.5 Å². The highest BCUT2D eigenvalue weighted by Crippen LogP contribution is 2.29. The molecule has 0 spiro atoms. The summed E-state index contributed by atoms with van der Waals surface area (Å²) in [5.41, 5.74) is 1.24. The van der Waals surface area contributed by atoms with E-state index >= 15 is 0 Å². The molecular formula is C15H23BrN2O3. The Kier molecular flexibility index (Phi) is 5.57. The maximum Gasteiger partial charge on any atom is 0.170 e. The Bertz CT molecular complexity index is 507. The number of rotatable bonds is 6. The number of ether oxygens (including phenoxy) is 2. The molecule has 0 bridgehead atoms. The molecule has 0 amide bonds. The first-order valence-corrected chi connectivity index (χ1v) is 8.27. The fourth-order valence-corrected chi connectivity index (χ4v) is 3.50. The predicted molar refractivity (Wildman–Crippen MR) is 83.5 cm³/mol. The van der Waals surface area contributed by atoms with Crippen LogP contribution in [0.1, 0.15) is 38.1 Å². The summed E-state index contributed by atoms with van der Waals surface area (Å²) >= 11 is 3.59. The molecule has 6 heteroatoms. The lowest BCUT2D eigenvalue weighted by molar-refractivity contribution is -0.152. The number of aryl methyl sites for hydroxylation is 2. The maximum absolute atomic E-state index is 12.8. The Hall–Kier alpha value is -0.720. The number of carbonyl (C=O) groups is 1. The molecule has 0 unspecified atom stereocenters. The Balaban J connectivity index is 2.24. The SMILES string of the molecule is CCc1nn(CC)c(CC(=O)C2(OC)CCOCC2)c1Br. The standard InChI is InChI=1S/C15H23BrN2O3/c1-4-11-14(16)12(18(5-2)17-11)10-13(19)15(20-3)6-8-21-9-7-15/h4-10H2,1-3H3. The second kappa shape index (κ2) is 7.03. The summed E-state index contributed by atoms with van der Waals surface area (Å²) in [5, 5.41) is 4.55. The fraction of sp³-hybridized carbons (Fsp3) is 0.733. The van der Waals surface area contributed by atoms with Crippen LogP contribution in [0.4, 0.5) is 0 Å². The normalized spacial score (nSPS) is 17.9. The summed E-state index contributed by atoms with van der Waals surface area (Å²) in [4.78, 5) is 12.8. The van der Waals surface area contributed by atoms with Crippen LogP contribution in [-0.4, -0.2) is 41.5 Å². The molecule has 5 nitrogen and oxygen atoms in total. The summed E-state index contributed by atoms with van der Waals surface area (Å²) in [7, 11) is 1.62. The zero-order chi connectivity index (χ0) is 15.5. The molecule has 118 valence electrons. The Labute approximate surface area is 134 Å². The van der Waals surface area contributed by atoms with Crippen molar-refractivity contribution < 1.29 is 14.3 Å². The topological polar surface area (TPSA) is 53.4 Å². The van der Waals surface area contributed by atoms with Crippen molar-refractivity contribution in [3.05, 3.63) is 15.9 Å². The minimum atomic E-state index is -0.701. The van der Waals surface area contributed by atoms with Crippen LogP contribution < -0.4 is 0 Å². The Morgan fingerprint density at radius 2 is 2.10 bits per heavy atom. The summed E-state index contributed by atoms with van der Waals surface area (Å²) < 4.78 is 13.8. The molecule has 0 N–H and O–H groups in total. The summed E-state index contributed by atoms with van der Waals surface area (Å²) in [5.74, 6) is 0.117. The van der Waals surface area contributed by atoms with Crippen molar-refractivity contribution in [2.75, 3.05) is 20.3 Å². The zero-order valence-electron chi connectivity index (χ0n) is 12.9. The van der Waals surface area contributed by atoms with Gasteiger partial charge in [-0.3, -0.25) is 9.48 Å². The smallest absolute Gasteiger partial charge is 0.170 e. The van der Waals surface area contributed by atoms with Crippen molar-refractivity contribution in [3.8, 4) is 0 Å². The van der Waals surface area contributed by atoms with E-state index in [2.05, 4.69) is 28.0 Å². The van der Waals surface area contributed by atoms with Gasteiger partial charge in [0.25, 0.3) is 0 Å². The summed E-state index contributed by atoms with van der Waals surface area (Å²) in [6.45, 7) is 6.01. The number of hydrogen-bond acceptors (Lipinski definition) is 4. The number of carbonyl (C=O) groups excluding carboxylic acids is 1. The highest BCUT2D eigenvalue weighted by molar-refractivity contribution is 9.10. The molecule has 1 aromatic rings. The molecule has 1 fully saturated rings. The largest absolute Gasteiger partial charge is 0.381 e. The molecule has 2 heterocycles. The van der Waals surface area contributed by atoms with Crippen molar-refractivity contribution >= 4 is 21.7 Å². The molecule has 0 aliphatic carbocycles. The molecule has 2 rings (SSSR count). The van der Waals surface area contributed by atoms with Crippen molar-refractivity contribution in [1.82, 2.24) is 9.78 Å². The first-order chi connectivity index (χ1) is 10.1. The van der Waals surface area contributed by atoms with E-state index < -0.39 is 5.60 Å². The third-order valence-corrected chi connectivity index (χ3v) is 5.14. The molecule has 1 aliphatic rings. The third kappa shape index (κ3) is 3.22. The van der Waals surface area contributed by atoms with Crippen molar-refractivity contribution in [2.24, 2.45) is 0 Å². The van der Waals surface area contributed by atoms with Gasteiger partial charge in [-0.1, -0.05) is 6.92 Å². The van der Waals surface area contributed by atoms with E-state index in [9.17, 15) is 4.79 Å². The highest BCUT2D eigenvalue weighted by Gasteiger charge is 2.40. The number of methoxy groups -OCH3 is 1. The van der Waals surface area contributed by atoms with E-state index in [0.717, 1.165) is 28.8 Å². The fourth-order valence-electron chi connectivity index (χ4n) is 2.80. The van der Waals surface area contributed by atoms with Gasteiger partial charge < -0.3 is 9.47 Å². The van der Waals surface area contributed by atoms with Gasteiger partial charge in [-0.15, -0.1) is 0 Å². The average Bonchev–Trinajstić information content (AvgIpc) is 2.83. The number of nitrogens with zero attached hydrogens (tertiary/aromatic N) is 2. The molecule has 1 aliphatic heterocycles. The van der Waals surface area contributed by atoms with Crippen molar-refractivity contribution in [2.45, 2.75) is 51.7 Å². The van der Waals surface area contributed by atoms with Gasteiger partial charge in [0.15, 0.2) is 5.78 Å². The van der Waals surface area contributed by atoms with Gasteiger partial charge in [0.05, 0.1) is 22.3 Å². The summed E-state index contributed by atoms with van der Waals surface area (Å²) in [6.07, 6.45) is 2.44. The van der Waals surface area contributed by atoms with Gasteiger partial charge in [-0.25, -0.2) is 0 Å². The maximum atomic E-state index is 12.8. The molecule has 21 heavy (non-hydrogen) atoms. The van der Waals surface area contributed by atoms with Gasteiger partial charge in [0.2, 0.25) is 0 Å². The molecule has 0 saturated carbocycles. The van der Waals surface area contributed by atoms with E-state index in [1.54, 1.807) is 7.11 Å². The molecule has 0 radical (unpaired) electrons. The lowest BCUT2D eigenvalue weighted by Gasteiger charge is -2.34. The molecule has 1 aromatic heterocycles. The van der Waals surface area contributed by atoms with E-state index in [1.807, 2.05) is 11.6 Å². The van der Waals surface area contributed by atoms with Gasteiger partial charge in [0.1, 0.15) is 5.60 Å². The zero-order valence-corrected chi connectivity index (χ0v) is 14.5. The van der Waals surface area contributed by atoms with Crippen LogP contribution in [0.3, 0.4) is 0 Å². The third-order valence-electron chi connectivity index (χ3n) is 4.22. The van der Waals surface area contributed by atoms with Crippen molar-refractivity contribution in [3.63, 3.8) is 0 Å². The van der Waals surface area contributed by atoms with Crippen LogP contribution >= 0.6 is 15.9 Å². The summed E-state index contributed by atoms with van der Waals surface area (Å²) in [6, 6.07) is 0. The number of ketones is 1. The van der Waals surface area contributed by atoms with E-state index in [4.69, 9.17) is 9.47 Å². The van der Waals surface area contributed by atoms with Gasteiger partial charge in [0, 0.05) is 39.7 Å². The van der Waals surface area contributed by atoms with Crippen LogP contribution in [0, 0.1) is 0 Å². The van der Waals surface area contributed by atoms with E-state index in [1.165, 1.54) is 0 Å². The van der Waals surface area contributed by atoms with Crippen LogP contribution in [0.2, 0.25) is 0 Å². The number of Topliss-reactive ketones (excluding diaryl/α,β-unsaturated/α-hetero) is 1. The second-order valence-electron chi connectivity index (χ2n) is 5.29. The van der Waals surface area contributed by atoms with Crippen LogP contribution in [0.15, 0.2) is 4.47 Å². The highest BCUT2D eigenvalue weighted by atomic mass is 79.9. The first kappa shape index (κ1) is 16.6. The van der Waals surface area contributed by atoms with E-state index in [-0.39, 0.29) is 5.78 Å². The Morgan fingerprint density at radius 3 is 2.62 bits per heavy atom. The predicted octanol–water partition coefficient (Wildman–Crippen LogP) is 2.54. The first-order valence-electron chi connectivity index (χ1n) is 7.48. The minimum absolute atomic E-state index is 0.117. The van der Waals surface area contributed by atoms with Gasteiger partial charge >= 0.3 is 0 Å². The Morgan fingerprint density at radius 1 is 1.43 bits per heavy atom. The van der Waals surface area contributed by atoms with Gasteiger partial charge in [-0.05, 0) is 29.3 Å². The lowest BCUT2D eigenvalue weighted by atomic mass is 9.87. The minimum Gasteiger partial charge on any atom is -0.381 e. The lowest BCUT2D eigenvalue weighted by Crippen LogP contribution is -2.46. The number of aromatic nitrogens is 2.